The van der Waals surface area contributed by atoms with Gasteiger partial charge in [0, 0.05) is 5.56 Å². The van der Waals surface area contributed by atoms with E-state index in [4.69, 9.17) is 5.26 Å². The number of nitriles is 1. The quantitative estimate of drug-likeness (QED) is 0.696. The molecule has 5 heteroatoms. The third kappa shape index (κ3) is 2.19. The van der Waals surface area contributed by atoms with E-state index in [2.05, 4.69) is 21.5 Å². The van der Waals surface area contributed by atoms with Crippen LogP contribution in [0, 0.1) is 11.3 Å². The summed E-state index contributed by atoms with van der Waals surface area (Å²) in [5, 5.41) is 21.1. The highest BCUT2D eigenvalue weighted by molar-refractivity contribution is 5.53. The van der Waals surface area contributed by atoms with Crippen molar-refractivity contribution in [2.24, 2.45) is 0 Å². The van der Waals surface area contributed by atoms with Crippen molar-refractivity contribution in [1.29, 1.82) is 5.26 Å². The van der Waals surface area contributed by atoms with Gasteiger partial charge in [0.2, 0.25) is 5.82 Å². The minimum absolute atomic E-state index is 0.574. The molecule has 0 spiro atoms. The Morgan fingerprint density at radius 2 is 1.68 bits per heavy atom. The molecule has 0 fully saturated rings. The molecule has 0 unspecified atom stereocenters. The first kappa shape index (κ1) is 11.1. The van der Waals surface area contributed by atoms with Crippen molar-refractivity contribution in [1.82, 2.24) is 20.2 Å². The highest BCUT2D eigenvalue weighted by atomic mass is 15.6. The number of tetrazole rings is 1. The van der Waals surface area contributed by atoms with Gasteiger partial charge in [0.1, 0.15) is 0 Å². The molecule has 90 valence electrons. The van der Waals surface area contributed by atoms with E-state index < -0.39 is 0 Å². The topological polar surface area (TPSA) is 67.4 Å². The van der Waals surface area contributed by atoms with Crippen LogP contribution in [0.3, 0.4) is 0 Å². The van der Waals surface area contributed by atoms with E-state index in [1.165, 1.54) is 4.80 Å². The molecule has 0 N–H and O–H groups in total. The lowest BCUT2D eigenvalue weighted by Gasteiger charge is -1.97. The molecule has 0 saturated heterocycles. The smallest absolute Gasteiger partial charge is 0.192 e. The Morgan fingerprint density at radius 3 is 2.37 bits per heavy atom. The van der Waals surface area contributed by atoms with E-state index in [0.29, 0.717) is 11.4 Å². The Kier molecular flexibility index (Phi) is 2.75. The molecule has 0 radical (unpaired) electrons. The normalized spacial score (nSPS) is 10.1. The van der Waals surface area contributed by atoms with Gasteiger partial charge in [-0.25, -0.2) is 0 Å². The van der Waals surface area contributed by atoms with Gasteiger partial charge in [-0.3, -0.25) is 0 Å². The van der Waals surface area contributed by atoms with Crippen molar-refractivity contribution < 1.29 is 0 Å². The van der Waals surface area contributed by atoms with Crippen LogP contribution in [-0.2, 0) is 0 Å². The van der Waals surface area contributed by atoms with Gasteiger partial charge in [-0.15, -0.1) is 15.0 Å². The van der Waals surface area contributed by atoms with Gasteiger partial charge in [-0.1, -0.05) is 30.3 Å². The van der Waals surface area contributed by atoms with E-state index in [1.54, 1.807) is 24.3 Å². The van der Waals surface area contributed by atoms with Gasteiger partial charge in [0.15, 0.2) is 0 Å². The van der Waals surface area contributed by atoms with Crippen molar-refractivity contribution in [3.8, 4) is 23.1 Å². The summed E-state index contributed by atoms with van der Waals surface area (Å²) in [6, 6.07) is 18.7. The lowest BCUT2D eigenvalue weighted by molar-refractivity contribution is 0.720. The lowest BCUT2D eigenvalue weighted by atomic mass is 10.2. The molecule has 1 heterocycles. The SMILES string of the molecule is N#Cc1ccc(-n2nnc(-c3ccccc3)n2)cc1. The van der Waals surface area contributed by atoms with Crippen molar-refractivity contribution in [2.45, 2.75) is 0 Å². The zero-order valence-electron chi connectivity index (χ0n) is 9.93. The maximum Gasteiger partial charge on any atom is 0.205 e. The fourth-order valence-electron chi connectivity index (χ4n) is 1.70. The van der Waals surface area contributed by atoms with Crippen LogP contribution in [0.2, 0.25) is 0 Å². The molecular formula is C14H9N5. The average molecular weight is 247 g/mol. The summed E-state index contributed by atoms with van der Waals surface area (Å²) in [6.45, 7) is 0. The van der Waals surface area contributed by atoms with Gasteiger partial charge in [0.25, 0.3) is 0 Å². The third-order valence-electron chi connectivity index (χ3n) is 2.67. The summed E-state index contributed by atoms with van der Waals surface area (Å²) < 4.78 is 0. The second-order valence-electron chi connectivity index (χ2n) is 3.93. The van der Waals surface area contributed by atoms with Crippen LogP contribution >= 0.6 is 0 Å². The highest BCUT2D eigenvalue weighted by Gasteiger charge is 2.06. The largest absolute Gasteiger partial charge is 0.205 e. The summed E-state index contributed by atoms with van der Waals surface area (Å²) in [4.78, 5) is 1.45. The maximum absolute atomic E-state index is 8.75. The predicted octanol–water partition coefficient (Wildman–Crippen LogP) is 2.20. The maximum atomic E-state index is 8.75. The zero-order valence-corrected chi connectivity index (χ0v) is 9.93. The first-order chi connectivity index (χ1) is 9.36. The monoisotopic (exact) mass is 247 g/mol. The molecule has 0 aliphatic carbocycles. The minimum atomic E-state index is 0.574. The van der Waals surface area contributed by atoms with Gasteiger partial charge < -0.3 is 0 Å². The number of nitrogens with zero attached hydrogens (tertiary/aromatic N) is 5. The Morgan fingerprint density at radius 1 is 0.947 bits per heavy atom. The van der Waals surface area contributed by atoms with Crippen molar-refractivity contribution in [3.05, 3.63) is 60.2 Å². The molecule has 19 heavy (non-hydrogen) atoms. The Balaban J connectivity index is 1.95. The Hall–Kier alpha value is -3.00. The van der Waals surface area contributed by atoms with Gasteiger partial charge in [-0.05, 0) is 29.5 Å². The molecule has 2 aromatic carbocycles. The Bertz CT molecular complexity index is 723. The lowest BCUT2D eigenvalue weighted by Crippen LogP contribution is -1.98. The molecular weight excluding hydrogens is 238 g/mol. The molecule has 0 aliphatic rings. The van der Waals surface area contributed by atoms with Gasteiger partial charge in [-0.2, -0.15) is 5.26 Å². The zero-order chi connectivity index (χ0) is 13.1. The highest BCUT2D eigenvalue weighted by Crippen LogP contribution is 2.14. The van der Waals surface area contributed by atoms with Crippen LogP contribution in [0.1, 0.15) is 5.56 Å². The standard InChI is InChI=1S/C14H9N5/c15-10-11-6-8-13(9-7-11)19-17-14(16-18-19)12-4-2-1-3-5-12/h1-9H. The van der Waals surface area contributed by atoms with E-state index >= 15 is 0 Å². The summed E-state index contributed by atoms with van der Waals surface area (Å²) in [6.07, 6.45) is 0. The summed E-state index contributed by atoms with van der Waals surface area (Å²) in [5.41, 5.74) is 2.29. The molecule has 3 rings (SSSR count). The number of hydrogen-bond donors (Lipinski definition) is 0. The number of hydrogen-bond acceptors (Lipinski definition) is 4. The number of aromatic nitrogens is 4. The molecule has 0 saturated carbocycles. The van der Waals surface area contributed by atoms with Gasteiger partial charge >= 0.3 is 0 Å². The van der Waals surface area contributed by atoms with Crippen LogP contribution in [0.15, 0.2) is 54.6 Å². The second-order valence-corrected chi connectivity index (χ2v) is 3.93. The van der Waals surface area contributed by atoms with Crippen molar-refractivity contribution in [3.63, 3.8) is 0 Å². The van der Waals surface area contributed by atoms with E-state index in [9.17, 15) is 0 Å². The van der Waals surface area contributed by atoms with Crippen LogP contribution in [0.5, 0.6) is 0 Å². The fourth-order valence-corrected chi connectivity index (χ4v) is 1.70. The van der Waals surface area contributed by atoms with Crippen LogP contribution in [0.4, 0.5) is 0 Å². The van der Waals surface area contributed by atoms with Crippen molar-refractivity contribution in [2.75, 3.05) is 0 Å². The summed E-state index contributed by atoms with van der Waals surface area (Å²) in [5.74, 6) is 0.574. The first-order valence-electron chi connectivity index (χ1n) is 5.73. The predicted molar refractivity (Wildman–Crippen MR) is 69.3 cm³/mol. The molecule has 3 aromatic rings. The average Bonchev–Trinajstić information content (AvgIpc) is 2.98. The molecule has 1 aromatic heterocycles. The van der Waals surface area contributed by atoms with E-state index in [1.807, 2.05) is 30.3 Å². The molecule has 0 aliphatic heterocycles. The second kappa shape index (κ2) is 4.70. The number of benzene rings is 2. The van der Waals surface area contributed by atoms with E-state index in [-0.39, 0.29) is 0 Å². The molecule has 5 nitrogen and oxygen atoms in total. The van der Waals surface area contributed by atoms with Crippen LogP contribution < -0.4 is 0 Å². The van der Waals surface area contributed by atoms with Gasteiger partial charge in [0.05, 0.1) is 17.3 Å². The van der Waals surface area contributed by atoms with Crippen LogP contribution in [-0.4, -0.2) is 20.2 Å². The molecule has 0 bridgehead atoms. The molecule has 0 amide bonds. The van der Waals surface area contributed by atoms with Crippen LogP contribution in [0.25, 0.3) is 17.1 Å². The third-order valence-corrected chi connectivity index (χ3v) is 2.67. The summed E-state index contributed by atoms with van der Waals surface area (Å²) >= 11 is 0. The minimum Gasteiger partial charge on any atom is -0.192 e. The first-order valence-corrected chi connectivity index (χ1v) is 5.73. The molecule has 0 atom stereocenters. The van der Waals surface area contributed by atoms with Crippen molar-refractivity contribution >= 4 is 0 Å². The summed E-state index contributed by atoms with van der Waals surface area (Å²) in [7, 11) is 0. The Labute approximate surface area is 109 Å². The fraction of sp³-hybridized carbons (Fsp3) is 0. The van der Waals surface area contributed by atoms with E-state index in [0.717, 1.165) is 11.3 Å². The number of rotatable bonds is 2.